The van der Waals surface area contributed by atoms with Crippen LogP contribution in [0.3, 0.4) is 0 Å². The maximum Gasteiger partial charge on any atom is 0.433 e. The first-order valence-corrected chi connectivity index (χ1v) is 7.22. The average Bonchev–Trinajstić information content (AvgIpc) is 2.96. The minimum absolute atomic E-state index is 0.00793. The van der Waals surface area contributed by atoms with Crippen molar-refractivity contribution in [3.05, 3.63) is 35.4 Å². The second kappa shape index (κ2) is 5.89. The monoisotopic (exact) mass is 331 g/mol. The smallest absolute Gasteiger partial charge is 0.357 e. The first-order valence-electron chi connectivity index (χ1n) is 6.84. The van der Waals surface area contributed by atoms with Crippen molar-refractivity contribution in [2.45, 2.75) is 31.7 Å². The fourth-order valence-electron chi connectivity index (χ4n) is 2.37. The number of hydrogen-bond donors (Lipinski definition) is 0. The van der Waals surface area contributed by atoms with Crippen LogP contribution in [0.2, 0.25) is 5.02 Å². The van der Waals surface area contributed by atoms with Gasteiger partial charge in [-0.15, -0.1) is 0 Å². The van der Waals surface area contributed by atoms with Crippen molar-refractivity contribution in [2.75, 3.05) is 6.61 Å². The summed E-state index contributed by atoms with van der Waals surface area (Å²) >= 11 is 5.96. The molecule has 1 atom stereocenters. The highest BCUT2D eigenvalue weighted by atomic mass is 35.5. The van der Waals surface area contributed by atoms with E-state index in [1.165, 1.54) is 0 Å². The van der Waals surface area contributed by atoms with Crippen LogP contribution in [0.25, 0.3) is 11.1 Å². The van der Waals surface area contributed by atoms with Crippen LogP contribution in [0, 0.1) is 0 Å². The summed E-state index contributed by atoms with van der Waals surface area (Å²) in [6, 6.07) is 0.825. The van der Waals surface area contributed by atoms with Gasteiger partial charge >= 0.3 is 6.18 Å². The number of aromatic nitrogens is 3. The zero-order valence-corrected chi connectivity index (χ0v) is 12.2. The molecule has 0 spiro atoms. The Balaban J connectivity index is 1.87. The van der Waals surface area contributed by atoms with Gasteiger partial charge in [0, 0.05) is 30.1 Å². The molecule has 4 nitrogen and oxygen atoms in total. The lowest BCUT2D eigenvalue weighted by molar-refractivity contribution is -0.141. The summed E-state index contributed by atoms with van der Waals surface area (Å²) < 4.78 is 45.1. The predicted octanol–water partition coefficient (Wildman–Crippen LogP) is 4.32. The molecular weight excluding hydrogens is 319 g/mol. The Morgan fingerprint density at radius 1 is 1.27 bits per heavy atom. The molecule has 0 amide bonds. The van der Waals surface area contributed by atoms with Crippen molar-refractivity contribution < 1.29 is 17.9 Å². The van der Waals surface area contributed by atoms with Gasteiger partial charge < -0.3 is 4.74 Å². The summed E-state index contributed by atoms with van der Waals surface area (Å²) in [6.07, 6.45) is 2.68. The van der Waals surface area contributed by atoms with Gasteiger partial charge in [-0.25, -0.2) is 4.68 Å². The van der Waals surface area contributed by atoms with Crippen molar-refractivity contribution in [2.24, 2.45) is 0 Å². The van der Waals surface area contributed by atoms with Crippen molar-refractivity contribution >= 4 is 11.6 Å². The summed E-state index contributed by atoms with van der Waals surface area (Å²) in [5, 5.41) is 4.20. The third-order valence-corrected chi connectivity index (χ3v) is 3.82. The van der Waals surface area contributed by atoms with Crippen molar-refractivity contribution in [1.29, 1.82) is 0 Å². The highest BCUT2D eigenvalue weighted by Gasteiger charge is 2.33. The summed E-state index contributed by atoms with van der Waals surface area (Å²) in [7, 11) is 0. The molecule has 1 unspecified atom stereocenters. The first kappa shape index (κ1) is 15.3. The SMILES string of the molecule is FC(F)(F)c1cc(Cl)c(-c2cnn(C3CCCCO3)c2)cn1. The van der Waals surface area contributed by atoms with Crippen molar-refractivity contribution in [1.82, 2.24) is 14.8 Å². The number of pyridine rings is 1. The summed E-state index contributed by atoms with van der Waals surface area (Å²) in [6.45, 7) is 0.683. The van der Waals surface area contributed by atoms with Crippen LogP contribution in [0.15, 0.2) is 24.7 Å². The number of halogens is 4. The quantitative estimate of drug-likeness (QED) is 0.823. The van der Waals surface area contributed by atoms with Gasteiger partial charge in [0.2, 0.25) is 0 Å². The zero-order chi connectivity index (χ0) is 15.7. The minimum atomic E-state index is -4.51. The molecule has 0 aromatic carbocycles. The molecule has 0 saturated carbocycles. The number of rotatable bonds is 2. The summed E-state index contributed by atoms with van der Waals surface area (Å²) in [5.74, 6) is 0. The van der Waals surface area contributed by atoms with Crippen molar-refractivity contribution in [3.63, 3.8) is 0 Å². The fraction of sp³-hybridized carbons (Fsp3) is 0.429. The van der Waals surface area contributed by atoms with E-state index in [-0.39, 0.29) is 11.3 Å². The molecule has 3 heterocycles. The molecule has 2 aromatic heterocycles. The van der Waals surface area contributed by atoms with E-state index in [1.54, 1.807) is 17.1 Å². The van der Waals surface area contributed by atoms with Gasteiger partial charge in [-0.2, -0.15) is 18.3 Å². The lowest BCUT2D eigenvalue weighted by Crippen LogP contribution is -2.18. The Kier molecular flexibility index (Phi) is 4.10. The van der Waals surface area contributed by atoms with Gasteiger partial charge in [0.25, 0.3) is 0 Å². The van der Waals surface area contributed by atoms with Gasteiger partial charge in [-0.05, 0) is 25.3 Å². The second-order valence-corrected chi connectivity index (χ2v) is 5.48. The van der Waals surface area contributed by atoms with E-state index in [9.17, 15) is 13.2 Å². The molecule has 0 radical (unpaired) electrons. The average molecular weight is 332 g/mol. The van der Waals surface area contributed by atoms with E-state index in [4.69, 9.17) is 16.3 Å². The summed E-state index contributed by atoms with van der Waals surface area (Å²) in [4.78, 5) is 3.43. The second-order valence-electron chi connectivity index (χ2n) is 5.08. The van der Waals surface area contributed by atoms with E-state index in [1.807, 2.05) is 0 Å². The molecule has 1 aliphatic heterocycles. The molecule has 0 bridgehead atoms. The minimum Gasteiger partial charge on any atom is -0.357 e. The number of alkyl halides is 3. The normalized spacial score (nSPS) is 19.4. The van der Waals surface area contributed by atoms with E-state index in [2.05, 4.69) is 10.1 Å². The van der Waals surface area contributed by atoms with Crippen LogP contribution in [-0.4, -0.2) is 21.4 Å². The van der Waals surface area contributed by atoms with Crippen LogP contribution < -0.4 is 0 Å². The molecule has 1 fully saturated rings. The van der Waals surface area contributed by atoms with Crippen LogP contribution in [0.4, 0.5) is 13.2 Å². The van der Waals surface area contributed by atoms with Gasteiger partial charge in [-0.1, -0.05) is 11.6 Å². The first-order chi connectivity index (χ1) is 10.4. The Morgan fingerprint density at radius 2 is 2.09 bits per heavy atom. The Hall–Kier alpha value is -1.60. The van der Waals surface area contributed by atoms with Gasteiger partial charge in [0.05, 0.1) is 11.2 Å². The largest absolute Gasteiger partial charge is 0.433 e. The molecule has 0 aliphatic carbocycles. The van der Waals surface area contributed by atoms with Crippen LogP contribution in [0.5, 0.6) is 0 Å². The molecule has 8 heteroatoms. The highest BCUT2D eigenvalue weighted by molar-refractivity contribution is 6.33. The van der Waals surface area contributed by atoms with Gasteiger partial charge in [0.1, 0.15) is 11.9 Å². The maximum atomic E-state index is 12.6. The standard InChI is InChI=1S/C14H13ClF3N3O/c15-11-5-12(14(16,17)18)19-7-10(11)9-6-20-21(8-9)13-3-1-2-4-22-13/h5-8,13H,1-4H2. The number of hydrogen-bond acceptors (Lipinski definition) is 3. The molecule has 22 heavy (non-hydrogen) atoms. The fourth-order valence-corrected chi connectivity index (χ4v) is 2.63. The Labute approximate surface area is 129 Å². The van der Waals surface area contributed by atoms with E-state index < -0.39 is 11.9 Å². The molecule has 118 valence electrons. The van der Waals surface area contributed by atoms with Crippen LogP contribution >= 0.6 is 11.6 Å². The number of nitrogens with zero attached hydrogens (tertiary/aromatic N) is 3. The van der Waals surface area contributed by atoms with E-state index in [0.29, 0.717) is 17.7 Å². The van der Waals surface area contributed by atoms with Crippen molar-refractivity contribution in [3.8, 4) is 11.1 Å². The molecule has 2 aromatic rings. The van der Waals surface area contributed by atoms with Gasteiger partial charge in [-0.3, -0.25) is 4.98 Å². The lowest BCUT2D eigenvalue weighted by Gasteiger charge is -2.22. The maximum absolute atomic E-state index is 12.6. The van der Waals surface area contributed by atoms with E-state index >= 15 is 0 Å². The molecule has 3 rings (SSSR count). The Bertz CT molecular complexity index is 666. The topological polar surface area (TPSA) is 39.9 Å². The Morgan fingerprint density at radius 3 is 2.73 bits per heavy atom. The predicted molar refractivity (Wildman–Crippen MR) is 74.3 cm³/mol. The highest BCUT2D eigenvalue weighted by Crippen LogP contribution is 2.34. The van der Waals surface area contributed by atoms with Gasteiger partial charge in [0.15, 0.2) is 0 Å². The molecular formula is C14H13ClF3N3O. The van der Waals surface area contributed by atoms with Crippen LogP contribution in [0.1, 0.15) is 31.2 Å². The van der Waals surface area contributed by atoms with Crippen LogP contribution in [-0.2, 0) is 10.9 Å². The molecule has 0 N–H and O–H groups in total. The molecule has 1 aliphatic rings. The summed E-state index contributed by atoms with van der Waals surface area (Å²) in [5.41, 5.74) is 0.0152. The third kappa shape index (κ3) is 3.10. The third-order valence-electron chi connectivity index (χ3n) is 3.51. The van der Waals surface area contributed by atoms with E-state index in [0.717, 1.165) is 31.5 Å². The lowest BCUT2D eigenvalue weighted by atomic mass is 10.1. The molecule has 1 saturated heterocycles. The number of ether oxygens (including phenoxy) is 1. The zero-order valence-electron chi connectivity index (χ0n) is 11.5.